The standard InChI is InChI=1S/C39H50F3N7O7S/c1-24-8-9-28(32(38(5,6)37(50)51)30-10-12-49-34(27(30)4)45-46-36(49)39(40,41)42)21-29(24)23-48-11-7-15-54-18-19-56-35-31(57(48,52)53)20-25(2)33(44-35)43-26(3)22-47-13-16-55-17-14-47/h8-10,12,20-21,26,32H,7,11,13-19,22-23H2,1-6H3,(H,43,44)(H,50,51)/t26-,32+/m0/s1. The van der Waals surface area contributed by atoms with Gasteiger partial charge in [-0.2, -0.15) is 22.5 Å². The van der Waals surface area contributed by atoms with Crippen LogP contribution in [0.4, 0.5) is 19.0 Å². The lowest BCUT2D eigenvalue weighted by Gasteiger charge is -2.33. The molecule has 14 nitrogen and oxygen atoms in total. The van der Waals surface area contributed by atoms with Crippen LogP contribution in [-0.4, -0.2) is 114 Å². The monoisotopic (exact) mass is 817 g/mol. The maximum atomic E-state index is 14.7. The number of sulfonamides is 1. The molecule has 1 saturated heterocycles. The molecular weight excluding hydrogens is 768 g/mol. The second kappa shape index (κ2) is 16.9. The number of morpholine rings is 1. The topological polar surface area (TPSA) is 161 Å². The van der Waals surface area contributed by atoms with E-state index >= 15 is 0 Å². The lowest BCUT2D eigenvalue weighted by molar-refractivity contribution is -0.147. The van der Waals surface area contributed by atoms with Gasteiger partial charge in [-0.3, -0.25) is 14.1 Å². The van der Waals surface area contributed by atoms with Gasteiger partial charge >= 0.3 is 12.1 Å². The Kier molecular flexibility index (Phi) is 12.5. The predicted molar refractivity (Wildman–Crippen MR) is 205 cm³/mol. The lowest BCUT2D eigenvalue weighted by Crippen LogP contribution is -2.42. The van der Waals surface area contributed by atoms with Crippen molar-refractivity contribution in [1.82, 2.24) is 28.8 Å². The number of alkyl halides is 3. The Bertz CT molecular complexity index is 2210. The average molecular weight is 818 g/mol. The van der Waals surface area contributed by atoms with E-state index in [-0.39, 0.29) is 48.8 Å². The molecule has 4 aromatic rings. The van der Waals surface area contributed by atoms with E-state index in [1.807, 2.05) is 13.8 Å². The maximum Gasteiger partial charge on any atom is 0.452 e. The molecule has 57 heavy (non-hydrogen) atoms. The number of rotatable bonds is 10. The lowest BCUT2D eigenvalue weighted by atomic mass is 9.70. The van der Waals surface area contributed by atoms with E-state index in [0.29, 0.717) is 59.9 Å². The molecule has 0 unspecified atom stereocenters. The first-order chi connectivity index (χ1) is 26.9. The van der Waals surface area contributed by atoms with Crippen molar-refractivity contribution in [3.8, 4) is 5.88 Å². The van der Waals surface area contributed by atoms with Crippen molar-refractivity contribution in [3.63, 3.8) is 0 Å². The molecule has 2 atom stereocenters. The van der Waals surface area contributed by atoms with Crippen LogP contribution in [0.3, 0.4) is 0 Å². The fourth-order valence-corrected chi connectivity index (χ4v) is 9.07. The zero-order chi connectivity index (χ0) is 41.3. The quantitative estimate of drug-likeness (QED) is 0.209. The van der Waals surface area contributed by atoms with E-state index in [1.54, 1.807) is 52.0 Å². The van der Waals surface area contributed by atoms with Gasteiger partial charge in [-0.25, -0.2) is 8.42 Å². The number of nitrogens with one attached hydrogen (secondary N) is 1. The first-order valence-corrected chi connectivity index (χ1v) is 20.4. The van der Waals surface area contributed by atoms with Crippen LogP contribution in [0.25, 0.3) is 5.65 Å². The van der Waals surface area contributed by atoms with Gasteiger partial charge < -0.3 is 24.6 Å². The average Bonchev–Trinajstić information content (AvgIpc) is 3.59. The molecule has 3 aromatic heterocycles. The summed E-state index contributed by atoms with van der Waals surface area (Å²) < 4.78 is 89.9. The van der Waals surface area contributed by atoms with Gasteiger partial charge in [0.25, 0.3) is 0 Å². The number of aryl methyl sites for hydroxylation is 3. The van der Waals surface area contributed by atoms with Crippen LogP contribution in [0, 0.1) is 26.2 Å². The molecule has 1 fully saturated rings. The summed E-state index contributed by atoms with van der Waals surface area (Å²) in [6, 6.07) is 8.38. The summed E-state index contributed by atoms with van der Waals surface area (Å²) in [5, 5.41) is 21.1. The van der Waals surface area contributed by atoms with E-state index < -0.39 is 39.3 Å². The van der Waals surface area contributed by atoms with Crippen LogP contribution in [0.5, 0.6) is 5.88 Å². The summed E-state index contributed by atoms with van der Waals surface area (Å²) in [4.78, 5) is 19.8. The normalized spacial score (nSPS) is 18.6. The minimum Gasteiger partial charge on any atom is -0.481 e. The van der Waals surface area contributed by atoms with E-state index in [0.717, 1.165) is 29.6 Å². The van der Waals surface area contributed by atoms with Gasteiger partial charge in [0.2, 0.25) is 21.7 Å². The largest absolute Gasteiger partial charge is 0.481 e. The minimum atomic E-state index is -4.75. The van der Waals surface area contributed by atoms with E-state index in [2.05, 4.69) is 20.4 Å². The van der Waals surface area contributed by atoms with Crippen molar-refractivity contribution >= 4 is 27.5 Å². The number of fused-ring (bicyclic) bond motifs is 2. The molecule has 18 heteroatoms. The number of anilines is 1. The van der Waals surface area contributed by atoms with Gasteiger partial charge in [0, 0.05) is 57.5 Å². The number of carboxylic acid groups (broad SMARTS) is 1. The molecule has 6 rings (SSSR count). The van der Waals surface area contributed by atoms with Gasteiger partial charge in [0.1, 0.15) is 17.3 Å². The Hall–Kier alpha value is -4.36. The predicted octanol–water partition coefficient (Wildman–Crippen LogP) is 5.43. The number of nitrogens with zero attached hydrogens (tertiary/aromatic N) is 6. The molecule has 5 heterocycles. The Morgan fingerprint density at radius 3 is 2.39 bits per heavy atom. The highest BCUT2D eigenvalue weighted by Crippen LogP contribution is 2.44. The van der Waals surface area contributed by atoms with Crippen LogP contribution in [0.15, 0.2) is 41.4 Å². The highest BCUT2D eigenvalue weighted by atomic mass is 32.2. The minimum absolute atomic E-state index is 0.00358. The molecule has 2 aliphatic rings. The number of benzene rings is 1. The van der Waals surface area contributed by atoms with Gasteiger partial charge in [-0.1, -0.05) is 18.2 Å². The maximum absolute atomic E-state index is 14.7. The number of hydrogen-bond acceptors (Lipinski definition) is 11. The second-order valence-electron chi connectivity index (χ2n) is 15.3. The third-order valence-corrected chi connectivity index (χ3v) is 12.5. The molecular formula is C39H50F3N7O7S. The summed E-state index contributed by atoms with van der Waals surface area (Å²) in [6.45, 7) is 14.8. The Balaban J connectivity index is 1.37. The first-order valence-electron chi connectivity index (χ1n) is 18.9. The number of pyridine rings is 2. The van der Waals surface area contributed by atoms with E-state index in [1.165, 1.54) is 16.6 Å². The molecule has 0 spiro atoms. The molecule has 1 aromatic carbocycles. The number of carbonyl (C=O) groups is 1. The zero-order valence-corrected chi connectivity index (χ0v) is 33.8. The summed E-state index contributed by atoms with van der Waals surface area (Å²) in [6.07, 6.45) is -3.16. The van der Waals surface area contributed by atoms with Gasteiger partial charge in [0.05, 0.1) is 25.2 Å². The van der Waals surface area contributed by atoms with Crippen molar-refractivity contribution in [2.75, 3.05) is 64.5 Å². The number of aliphatic carboxylic acids is 1. The van der Waals surface area contributed by atoms with Gasteiger partial charge in [-0.15, -0.1) is 10.2 Å². The van der Waals surface area contributed by atoms with Crippen LogP contribution in [-0.2, 0) is 37.0 Å². The van der Waals surface area contributed by atoms with Crippen molar-refractivity contribution in [1.29, 1.82) is 0 Å². The number of carboxylic acids is 1. The van der Waals surface area contributed by atoms with E-state index in [9.17, 15) is 31.5 Å². The molecule has 2 N–H and O–H groups in total. The van der Waals surface area contributed by atoms with E-state index in [4.69, 9.17) is 19.2 Å². The Morgan fingerprint density at radius 1 is 0.965 bits per heavy atom. The molecule has 0 amide bonds. The van der Waals surface area contributed by atoms with Crippen molar-refractivity contribution in [3.05, 3.63) is 75.7 Å². The molecule has 0 radical (unpaired) electrons. The number of hydrogen-bond donors (Lipinski definition) is 2. The summed E-state index contributed by atoms with van der Waals surface area (Å²) in [5.41, 5.74) is 1.79. The van der Waals surface area contributed by atoms with Crippen LogP contribution < -0.4 is 10.1 Å². The summed E-state index contributed by atoms with van der Waals surface area (Å²) >= 11 is 0. The third kappa shape index (κ3) is 9.04. The molecule has 310 valence electrons. The Labute approximate surface area is 330 Å². The van der Waals surface area contributed by atoms with Crippen LogP contribution in [0.2, 0.25) is 0 Å². The highest BCUT2D eigenvalue weighted by Gasteiger charge is 2.42. The third-order valence-electron chi connectivity index (χ3n) is 10.7. The summed E-state index contributed by atoms with van der Waals surface area (Å²) in [7, 11) is -4.24. The number of aromatic nitrogens is 4. The molecule has 0 bridgehead atoms. The van der Waals surface area contributed by atoms with Crippen LogP contribution >= 0.6 is 0 Å². The Morgan fingerprint density at radius 2 is 1.68 bits per heavy atom. The van der Waals surface area contributed by atoms with Crippen molar-refractivity contribution < 1.29 is 45.7 Å². The first kappa shape index (κ1) is 42.3. The zero-order valence-electron chi connectivity index (χ0n) is 33.0. The van der Waals surface area contributed by atoms with Gasteiger partial charge in [-0.05, 0) is 93.5 Å². The van der Waals surface area contributed by atoms with Crippen molar-refractivity contribution in [2.24, 2.45) is 5.41 Å². The van der Waals surface area contributed by atoms with Crippen LogP contribution in [0.1, 0.15) is 72.3 Å². The number of halogens is 3. The smallest absolute Gasteiger partial charge is 0.452 e. The van der Waals surface area contributed by atoms with Crippen molar-refractivity contribution in [2.45, 2.75) is 77.5 Å². The molecule has 2 aliphatic heterocycles. The molecule has 0 saturated carbocycles. The number of ether oxygens (including phenoxy) is 3. The second-order valence-corrected chi connectivity index (χ2v) is 17.2. The highest BCUT2D eigenvalue weighted by molar-refractivity contribution is 7.89. The summed E-state index contributed by atoms with van der Waals surface area (Å²) in [5.74, 6) is -2.74. The fourth-order valence-electron chi connectivity index (χ4n) is 7.46. The molecule has 0 aliphatic carbocycles. The fraction of sp³-hybridized carbons (Fsp3) is 0.538. The SMILES string of the molecule is Cc1ccc([C@H](c2ccn3c(C(F)(F)F)nnc3c2C)C(C)(C)C(=O)O)cc1CN1CCCOCCOc2nc(N[C@@H](C)CN3CCOCC3)c(C)cc2S1(=O)=O. The van der Waals surface area contributed by atoms with Gasteiger partial charge in [0.15, 0.2) is 5.65 Å².